The zero-order valence-electron chi connectivity index (χ0n) is 10.7. The van der Waals surface area contributed by atoms with Crippen LogP contribution in [0.3, 0.4) is 0 Å². The molecule has 19 heavy (non-hydrogen) atoms. The summed E-state index contributed by atoms with van der Waals surface area (Å²) in [6.45, 7) is 1.42. The van der Waals surface area contributed by atoms with Crippen molar-refractivity contribution >= 4 is 5.91 Å². The lowest BCUT2D eigenvalue weighted by Gasteiger charge is -2.10. The highest BCUT2D eigenvalue weighted by Crippen LogP contribution is 2.10. The van der Waals surface area contributed by atoms with Crippen molar-refractivity contribution in [3.63, 3.8) is 0 Å². The lowest BCUT2D eigenvalue weighted by molar-refractivity contribution is -0.121. The Morgan fingerprint density at radius 3 is 2.89 bits per heavy atom. The number of nitrogens with one attached hydrogen (secondary N) is 2. The summed E-state index contributed by atoms with van der Waals surface area (Å²) in [4.78, 5) is 11.6. The molecule has 1 aliphatic heterocycles. The molecule has 0 spiro atoms. The van der Waals surface area contributed by atoms with Gasteiger partial charge in [-0.25, -0.2) is 8.78 Å². The van der Waals surface area contributed by atoms with E-state index in [4.69, 9.17) is 0 Å². The van der Waals surface area contributed by atoms with E-state index in [1.54, 1.807) is 0 Å². The van der Waals surface area contributed by atoms with Crippen LogP contribution >= 0.6 is 0 Å². The van der Waals surface area contributed by atoms with Gasteiger partial charge in [0.2, 0.25) is 5.91 Å². The van der Waals surface area contributed by atoms with Crippen molar-refractivity contribution in [2.24, 2.45) is 0 Å². The lowest BCUT2D eigenvalue weighted by Crippen LogP contribution is -2.32. The highest BCUT2D eigenvalue weighted by molar-refractivity contribution is 5.76. The second-order valence-electron chi connectivity index (χ2n) is 4.85. The average molecular weight is 268 g/mol. The monoisotopic (exact) mass is 268 g/mol. The van der Waals surface area contributed by atoms with E-state index in [1.165, 1.54) is 12.1 Å². The Morgan fingerprint density at radius 2 is 2.21 bits per heavy atom. The largest absolute Gasteiger partial charge is 0.356 e. The molecule has 1 aromatic carbocycles. The van der Waals surface area contributed by atoms with Crippen molar-refractivity contribution < 1.29 is 13.6 Å². The van der Waals surface area contributed by atoms with E-state index in [2.05, 4.69) is 10.6 Å². The third-order valence-corrected chi connectivity index (χ3v) is 3.31. The minimum Gasteiger partial charge on any atom is -0.356 e. The van der Waals surface area contributed by atoms with Crippen LogP contribution in [-0.2, 0) is 11.2 Å². The number of amides is 1. The van der Waals surface area contributed by atoms with Gasteiger partial charge < -0.3 is 10.6 Å². The van der Waals surface area contributed by atoms with Crippen molar-refractivity contribution in [2.75, 3.05) is 13.1 Å². The molecule has 0 saturated carbocycles. The molecule has 1 aliphatic rings. The quantitative estimate of drug-likeness (QED) is 0.854. The molecular weight excluding hydrogens is 250 g/mol. The van der Waals surface area contributed by atoms with E-state index in [1.807, 2.05) is 0 Å². The minimum atomic E-state index is -0.848. The van der Waals surface area contributed by atoms with Gasteiger partial charge in [-0.15, -0.1) is 0 Å². The molecular formula is C14H18F2N2O. The van der Waals surface area contributed by atoms with Gasteiger partial charge in [0.1, 0.15) is 0 Å². The highest BCUT2D eigenvalue weighted by Gasteiger charge is 2.17. The topological polar surface area (TPSA) is 41.1 Å². The number of rotatable bonds is 5. The normalized spacial score (nSPS) is 18.5. The fraction of sp³-hybridized carbons (Fsp3) is 0.500. The molecule has 1 saturated heterocycles. The van der Waals surface area contributed by atoms with Gasteiger partial charge in [-0.3, -0.25) is 4.79 Å². The minimum absolute atomic E-state index is 0.00184. The van der Waals surface area contributed by atoms with E-state index in [-0.39, 0.29) is 11.9 Å². The van der Waals surface area contributed by atoms with E-state index in [9.17, 15) is 13.6 Å². The van der Waals surface area contributed by atoms with Crippen molar-refractivity contribution in [2.45, 2.75) is 31.7 Å². The first kappa shape index (κ1) is 13.9. The molecule has 1 heterocycles. The Kier molecular flexibility index (Phi) is 4.85. The van der Waals surface area contributed by atoms with E-state index in [0.29, 0.717) is 24.9 Å². The van der Waals surface area contributed by atoms with Crippen LogP contribution in [-0.4, -0.2) is 25.0 Å². The first-order valence-corrected chi connectivity index (χ1v) is 6.59. The molecule has 104 valence electrons. The SMILES string of the molecule is O=C(CC1CCCN1)NCCc1ccc(F)c(F)c1. The Balaban J connectivity index is 1.70. The first-order chi connectivity index (χ1) is 9.15. The van der Waals surface area contributed by atoms with Crippen molar-refractivity contribution in [3.8, 4) is 0 Å². The molecule has 3 nitrogen and oxygen atoms in total. The Labute approximate surface area is 111 Å². The van der Waals surface area contributed by atoms with Gasteiger partial charge in [0, 0.05) is 19.0 Å². The first-order valence-electron chi connectivity index (χ1n) is 6.59. The average Bonchev–Trinajstić information content (AvgIpc) is 2.86. The molecule has 1 amide bonds. The molecule has 1 atom stereocenters. The van der Waals surface area contributed by atoms with Gasteiger partial charge in [-0.05, 0) is 43.5 Å². The smallest absolute Gasteiger partial charge is 0.221 e. The van der Waals surface area contributed by atoms with Crippen molar-refractivity contribution in [1.82, 2.24) is 10.6 Å². The molecule has 1 unspecified atom stereocenters. The van der Waals surface area contributed by atoms with Crippen LogP contribution in [0, 0.1) is 11.6 Å². The fourth-order valence-electron chi connectivity index (χ4n) is 2.27. The molecule has 0 aliphatic carbocycles. The Morgan fingerprint density at radius 1 is 1.37 bits per heavy atom. The van der Waals surface area contributed by atoms with E-state index in [0.717, 1.165) is 25.5 Å². The zero-order valence-corrected chi connectivity index (χ0v) is 10.7. The maximum atomic E-state index is 13.0. The van der Waals surface area contributed by atoms with Crippen LogP contribution in [0.25, 0.3) is 0 Å². The van der Waals surface area contributed by atoms with Crippen molar-refractivity contribution in [1.29, 1.82) is 0 Å². The summed E-state index contributed by atoms with van der Waals surface area (Å²) in [5.74, 6) is -1.69. The molecule has 0 aromatic heterocycles. The summed E-state index contributed by atoms with van der Waals surface area (Å²) in [6.07, 6.45) is 3.14. The molecule has 0 bridgehead atoms. The number of hydrogen-bond acceptors (Lipinski definition) is 2. The lowest BCUT2D eigenvalue weighted by atomic mass is 10.1. The van der Waals surface area contributed by atoms with E-state index < -0.39 is 11.6 Å². The predicted octanol–water partition coefficient (Wildman–Crippen LogP) is 1.77. The van der Waals surface area contributed by atoms with Gasteiger partial charge in [0.05, 0.1) is 0 Å². The fourth-order valence-corrected chi connectivity index (χ4v) is 2.27. The maximum absolute atomic E-state index is 13.0. The van der Waals surface area contributed by atoms with Crippen LogP contribution in [0.15, 0.2) is 18.2 Å². The summed E-state index contributed by atoms with van der Waals surface area (Å²) in [5.41, 5.74) is 0.679. The van der Waals surface area contributed by atoms with Crippen molar-refractivity contribution in [3.05, 3.63) is 35.4 Å². The molecule has 1 aromatic rings. The molecule has 5 heteroatoms. The maximum Gasteiger partial charge on any atom is 0.221 e. The zero-order chi connectivity index (χ0) is 13.7. The van der Waals surface area contributed by atoms with Gasteiger partial charge >= 0.3 is 0 Å². The second kappa shape index (κ2) is 6.61. The number of benzene rings is 1. The summed E-state index contributed by atoms with van der Waals surface area (Å²) >= 11 is 0. The standard InChI is InChI=1S/C14H18F2N2O/c15-12-4-3-10(8-13(12)16)5-7-18-14(19)9-11-2-1-6-17-11/h3-4,8,11,17H,1-2,5-7,9H2,(H,18,19). The van der Waals surface area contributed by atoms with Gasteiger partial charge in [-0.2, -0.15) is 0 Å². The third-order valence-electron chi connectivity index (χ3n) is 3.31. The summed E-state index contributed by atoms with van der Waals surface area (Å²) in [7, 11) is 0. The van der Waals surface area contributed by atoms with Crippen LogP contribution in [0.4, 0.5) is 8.78 Å². The van der Waals surface area contributed by atoms with Gasteiger partial charge in [0.25, 0.3) is 0 Å². The van der Waals surface area contributed by atoms with Crippen LogP contribution < -0.4 is 10.6 Å². The summed E-state index contributed by atoms with van der Waals surface area (Å²) in [5, 5.41) is 6.05. The van der Waals surface area contributed by atoms with Gasteiger partial charge in [-0.1, -0.05) is 6.07 Å². The number of halogens is 2. The number of carbonyl (C=O) groups is 1. The second-order valence-corrected chi connectivity index (χ2v) is 4.85. The molecule has 1 fully saturated rings. The number of hydrogen-bond donors (Lipinski definition) is 2. The summed E-state index contributed by atoms with van der Waals surface area (Å²) < 4.78 is 25.7. The Bertz CT molecular complexity index is 445. The van der Waals surface area contributed by atoms with Gasteiger partial charge in [0.15, 0.2) is 11.6 Å². The molecule has 0 radical (unpaired) electrons. The molecule has 2 rings (SSSR count). The van der Waals surface area contributed by atoms with E-state index >= 15 is 0 Å². The van der Waals surface area contributed by atoms with Crippen LogP contribution in [0.2, 0.25) is 0 Å². The molecule has 2 N–H and O–H groups in total. The van der Waals surface area contributed by atoms with Crippen LogP contribution in [0.1, 0.15) is 24.8 Å². The predicted molar refractivity (Wildman–Crippen MR) is 68.7 cm³/mol. The Hall–Kier alpha value is -1.49. The third kappa shape index (κ3) is 4.28. The number of carbonyl (C=O) groups excluding carboxylic acids is 1. The van der Waals surface area contributed by atoms with Crippen LogP contribution in [0.5, 0.6) is 0 Å². The highest BCUT2D eigenvalue weighted by atomic mass is 19.2. The summed E-state index contributed by atoms with van der Waals surface area (Å²) in [6, 6.07) is 4.08.